The number of piperidine rings is 1. The van der Waals surface area contributed by atoms with Crippen LogP contribution in [0.5, 0.6) is 0 Å². The van der Waals surface area contributed by atoms with Crippen LogP contribution in [-0.4, -0.2) is 24.2 Å². The minimum absolute atomic E-state index is 0.416. The van der Waals surface area contributed by atoms with Crippen molar-refractivity contribution in [3.63, 3.8) is 0 Å². The van der Waals surface area contributed by atoms with Crippen LogP contribution in [0.3, 0.4) is 0 Å². The predicted molar refractivity (Wildman–Crippen MR) is 56.3 cm³/mol. The molecule has 0 aromatic rings. The van der Waals surface area contributed by atoms with Crippen molar-refractivity contribution in [2.24, 2.45) is 5.41 Å². The molecule has 1 aliphatic heterocycles. The molecule has 0 bridgehead atoms. The molecule has 0 aromatic carbocycles. The topological polar surface area (TPSA) is 49.3 Å². The van der Waals surface area contributed by atoms with Crippen LogP contribution in [0.4, 0.5) is 0 Å². The lowest BCUT2D eigenvalue weighted by Gasteiger charge is -2.33. The monoisotopic (exact) mass is 199 g/mol. The first-order valence-electron chi connectivity index (χ1n) is 5.65. The molecule has 14 heavy (non-hydrogen) atoms. The van der Waals surface area contributed by atoms with E-state index in [2.05, 4.69) is 12.2 Å². The molecule has 1 rings (SSSR count). The molecule has 1 aliphatic rings. The molecule has 0 atom stereocenters. The normalized spacial score (nSPS) is 20.6. The van der Waals surface area contributed by atoms with Gasteiger partial charge in [-0.2, -0.15) is 0 Å². The Bertz CT molecular complexity index is 186. The van der Waals surface area contributed by atoms with Crippen LogP contribution in [0.15, 0.2) is 0 Å². The molecular weight excluding hydrogens is 178 g/mol. The van der Waals surface area contributed by atoms with Crippen molar-refractivity contribution in [3.8, 4) is 0 Å². The van der Waals surface area contributed by atoms with E-state index in [0.29, 0.717) is 0 Å². The van der Waals surface area contributed by atoms with Crippen LogP contribution in [0.25, 0.3) is 0 Å². The first-order valence-corrected chi connectivity index (χ1v) is 5.65. The minimum atomic E-state index is -0.588. The number of hydrogen-bond acceptors (Lipinski definition) is 2. The highest BCUT2D eigenvalue weighted by atomic mass is 16.4. The highest BCUT2D eigenvalue weighted by Crippen LogP contribution is 2.34. The Labute approximate surface area is 85.9 Å². The minimum Gasteiger partial charge on any atom is -0.481 e. The summed E-state index contributed by atoms with van der Waals surface area (Å²) in [5.41, 5.74) is -0.416. The zero-order valence-corrected chi connectivity index (χ0v) is 9.01. The molecule has 1 heterocycles. The number of aliphatic carboxylic acids is 1. The molecule has 3 nitrogen and oxygen atoms in total. The molecule has 2 N–H and O–H groups in total. The lowest BCUT2D eigenvalue weighted by molar-refractivity contribution is -0.151. The number of rotatable bonds is 5. The van der Waals surface area contributed by atoms with Gasteiger partial charge < -0.3 is 10.4 Å². The third-order valence-corrected chi connectivity index (χ3v) is 3.27. The van der Waals surface area contributed by atoms with Crippen LogP contribution in [0.2, 0.25) is 0 Å². The van der Waals surface area contributed by atoms with Gasteiger partial charge in [0.25, 0.3) is 0 Å². The van der Waals surface area contributed by atoms with E-state index < -0.39 is 11.4 Å². The van der Waals surface area contributed by atoms with Crippen molar-refractivity contribution in [1.29, 1.82) is 0 Å². The second-order valence-electron chi connectivity index (χ2n) is 4.29. The summed E-state index contributed by atoms with van der Waals surface area (Å²) in [4.78, 5) is 11.2. The van der Waals surface area contributed by atoms with Gasteiger partial charge >= 0.3 is 5.97 Å². The molecule has 82 valence electrons. The highest BCUT2D eigenvalue weighted by Gasteiger charge is 2.38. The Morgan fingerprint density at radius 3 is 2.50 bits per heavy atom. The molecular formula is C11H21NO2. The van der Waals surface area contributed by atoms with Crippen LogP contribution >= 0.6 is 0 Å². The second kappa shape index (κ2) is 5.35. The van der Waals surface area contributed by atoms with Crippen molar-refractivity contribution in [3.05, 3.63) is 0 Å². The van der Waals surface area contributed by atoms with Gasteiger partial charge in [0.1, 0.15) is 0 Å². The van der Waals surface area contributed by atoms with E-state index in [4.69, 9.17) is 0 Å². The summed E-state index contributed by atoms with van der Waals surface area (Å²) >= 11 is 0. The summed E-state index contributed by atoms with van der Waals surface area (Å²) < 4.78 is 0. The maximum absolute atomic E-state index is 11.2. The molecule has 0 aliphatic carbocycles. The molecule has 0 spiro atoms. The van der Waals surface area contributed by atoms with Crippen molar-refractivity contribution >= 4 is 5.97 Å². The Balaban J connectivity index is 2.47. The number of hydrogen-bond donors (Lipinski definition) is 2. The van der Waals surface area contributed by atoms with Crippen LogP contribution < -0.4 is 5.32 Å². The standard InChI is InChI=1S/C11H21NO2/c1-2-3-4-5-11(10(13)14)6-8-12-9-7-11/h12H,2-9H2,1H3,(H,13,14). The zero-order chi connectivity index (χ0) is 10.4. The maximum atomic E-state index is 11.2. The number of carboxylic acids is 1. The third-order valence-electron chi connectivity index (χ3n) is 3.27. The summed E-state index contributed by atoms with van der Waals surface area (Å²) in [6.45, 7) is 3.87. The van der Waals surface area contributed by atoms with Crippen molar-refractivity contribution < 1.29 is 9.90 Å². The number of nitrogens with one attached hydrogen (secondary N) is 1. The van der Waals surface area contributed by atoms with Gasteiger partial charge in [0.2, 0.25) is 0 Å². The van der Waals surface area contributed by atoms with Crippen molar-refractivity contribution in [1.82, 2.24) is 5.32 Å². The highest BCUT2D eigenvalue weighted by molar-refractivity contribution is 5.74. The molecule has 1 fully saturated rings. The summed E-state index contributed by atoms with van der Waals surface area (Å²) in [5, 5.41) is 12.5. The van der Waals surface area contributed by atoms with Crippen LogP contribution in [0, 0.1) is 5.41 Å². The van der Waals surface area contributed by atoms with Crippen molar-refractivity contribution in [2.75, 3.05) is 13.1 Å². The van der Waals surface area contributed by atoms with E-state index in [9.17, 15) is 9.90 Å². The third kappa shape index (κ3) is 2.71. The Morgan fingerprint density at radius 1 is 1.36 bits per heavy atom. The largest absolute Gasteiger partial charge is 0.481 e. The fourth-order valence-electron chi connectivity index (χ4n) is 2.19. The maximum Gasteiger partial charge on any atom is 0.309 e. The van der Waals surface area contributed by atoms with Crippen LogP contribution in [0.1, 0.15) is 45.4 Å². The smallest absolute Gasteiger partial charge is 0.309 e. The summed E-state index contributed by atoms with van der Waals surface area (Å²) in [6.07, 6.45) is 5.83. The second-order valence-corrected chi connectivity index (χ2v) is 4.29. The summed E-state index contributed by atoms with van der Waals surface area (Å²) in [7, 11) is 0. The van der Waals surface area contributed by atoms with Gasteiger partial charge in [-0.15, -0.1) is 0 Å². The fraction of sp³-hybridized carbons (Fsp3) is 0.909. The Hall–Kier alpha value is -0.570. The number of carbonyl (C=O) groups is 1. The lowest BCUT2D eigenvalue weighted by Crippen LogP contribution is -2.42. The fourth-order valence-corrected chi connectivity index (χ4v) is 2.19. The van der Waals surface area contributed by atoms with E-state index in [0.717, 1.165) is 51.6 Å². The van der Waals surface area contributed by atoms with Gasteiger partial charge in [-0.25, -0.2) is 0 Å². The number of carboxylic acid groups (broad SMARTS) is 1. The van der Waals surface area contributed by atoms with Crippen molar-refractivity contribution in [2.45, 2.75) is 45.4 Å². The Morgan fingerprint density at radius 2 is 2.00 bits per heavy atom. The van der Waals surface area contributed by atoms with Gasteiger partial charge in [0, 0.05) is 0 Å². The quantitative estimate of drug-likeness (QED) is 0.666. The zero-order valence-electron chi connectivity index (χ0n) is 9.01. The summed E-state index contributed by atoms with van der Waals surface area (Å²) in [6, 6.07) is 0. The molecule has 0 unspecified atom stereocenters. The summed E-state index contributed by atoms with van der Waals surface area (Å²) in [5.74, 6) is -0.588. The molecule has 0 radical (unpaired) electrons. The van der Waals surface area contributed by atoms with E-state index >= 15 is 0 Å². The Kier molecular flexibility index (Phi) is 4.39. The average Bonchev–Trinajstić information content (AvgIpc) is 2.19. The molecule has 0 aromatic heterocycles. The average molecular weight is 199 g/mol. The van der Waals surface area contributed by atoms with Crippen LogP contribution in [-0.2, 0) is 4.79 Å². The lowest BCUT2D eigenvalue weighted by atomic mass is 9.75. The first kappa shape index (κ1) is 11.5. The van der Waals surface area contributed by atoms with E-state index in [1.54, 1.807) is 0 Å². The molecule has 1 saturated heterocycles. The molecule has 0 saturated carbocycles. The van der Waals surface area contributed by atoms with E-state index in [1.165, 1.54) is 0 Å². The van der Waals surface area contributed by atoms with Gasteiger partial charge in [0.05, 0.1) is 5.41 Å². The first-order chi connectivity index (χ1) is 6.71. The SMILES string of the molecule is CCCCCC1(C(=O)O)CCNCC1. The predicted octanol–water partition coefficient (Wildman–Crippen LogP) is 2.02. The van der Waals surface area contributed by atoms with Gasteiger partial charge in [0.15, 0.2) is 0 Å². The van der Waals surface area contributed by atoms with Gasteiger partial charge in [-0.3, -0.25) is 4.79 Å². The van der Waals surface area contributed by atoms with E-state index in [1.807, 2.05) is 0 Å². The van der Waals surface area contributed by atoms with Gasteiger partial charge in [-0.1, -0.05) is 26.2 Å². The van der Waals surface area contributed by atoms with E-state index in [-0.39, 0.29) is 0 Å². The molecule has 0 amide bonds. The number of unbranched alkanes of at least 4 members (excludes halogenated alkanes) is 2. The van der Waals surface area contributed by atoms with Gasteiger partial charge in [-0.05, 0) is 32.4 Å². The molecule has 3 heteroatoms.